The van der Waals surface area contributed by atoms with Crippen LogP contribution in [0.5, 0.6) is 0 Å². The van der Waals surface area contributed by atoms with Gasteiger partial charge < -0.3 is 14.8 Å². The zero-order valence-electron chi connectivity index (χ0n) is 15.1. The summed E-state index contributed by atoms with van der Waals surface area (Å²) in [6.45, 7) is 0.889. The summed E-state index contributed by atoms with van der Waals surface area (Å²) < 4.78 is 9.78. The minimum Gasteiger partial charge on any atom is -0.468 e. The molecule has 7 heteroatoms. The third-order valence-corrected chi connectivity index (χ3v) is 6.70. The number of esters is 2. The van der Waals surface area contributed by atoms with Crippen LogP contribution in [0.1, 0.15) is 36.0 Å². The summed E-state index contributed by atoms with van der Waals surface area (Å²) in [5.74, 6) is 0.712. The molecule has 1 aliphatic heterocycles. The lowest BCUT2D eigenvalue weighted by Gasteiger charge is -2.41. The first-order valence-corrected chi connectivity index (χ1v) is 9.65. The van der Waals surface area contributed by atoms with Gasteiger partial charge in [0.15, 0.2) is 0 Å². The second-order valence-electron chi connectivity index (χ2n) is 6.78. The molecule has 0 radical (unpaired) electrons. The molecular formula is C19H26ClNO4S. The number of halogens is 1. The van der Waals surface area contributed by atoms with Crippen LogP contribution in [0.4, 0.5) is 0 Å². The van der Waals surface area contributed by atoms with Crippen molar-refractivity contribution in [3.8, 4) is 0 Å². The summed E-state index contributed by atoms with van der Waals surface area (Å²) in [6, 6.07) is 7.44. The first kappa shape index (κ1) is 21.1. The van der Waals surface area contributed by atoms with E-state index in [1.165, 1.54) is 14.2 Å². The maximum Gasteiger partial charge on any atom is 0.338 e. The minimum atomic E-state index is -0.288. The van der Waals surface area contributed by atoms with Crippen LogP contribution in [0.15, 0.2) is 29.2 Å². The zero-order valence-corrected chi connectivity index (χ0v) is 16.7. The molecule has 1 aliphatic carbocycles. The third-order valence-electron chi connectivity index (χ3n) is 5.33. The molecule has 2 fully saturated rings. The summed E-state index contributed by atoms with van der Waals surface area (Å²) in [4.78, 5) is 24.8. The lowest BCUT2D eigenvalue weighted by Crippen LogP contribution is -2.50. The van der Waals surface area contributed by atoms with Crippen LogP contribution >= 0.6 is 24.2 Å². The van der Waals surface area contributed by atoms with Crippen molar-refractivity contribution in [3.63, 3.8) is 0 Å². The van der Waals surface area contributed by atoms with Crippen LogP contribution in [0.2, 0.25) is 0 Å². The Bertz CT molecular complexity index is 642. The molecule has 1 N–H and O–H groups in total. The van der Waals surface area contributed by atoms with Crippen LogP contribution < -0.4 is 5.32 Å². The van der Waals surface area contributed by atoms with Gasteiger partial charge in [-0.25, -0.2) is 4.79 Å². The summed E-state index contributed by atoms with van der Waals surface area (Å²) in [7, 11) is 2.86. The highest BCUT2D eigenvalue weighted by atomic mass is 35.5. The summed E-state index contributed by atoms with van der Waals surface area (Å²) >= 11 is 1.77. The molecule has 0 aromatic heterocycles. The number of nitrogens with one attached hydrogen (secondary N) is 1. The van der Waals surface area contributed by atoms with Gasteiger partial charge in [0.1, 0.15) is 6.04 Å². The van der Waals surface area contributed by atoms with E-state index in [4.69, 9.17) is 9.47 Å². The Morgan fingerprint density at radius 1 is 1.08 bits per heavy atom. The number of thioether (sulfide) groups is 1. The van der Waals surface area contributed by atoms with Gasteiger partial charge in [0.05, 0.1) is 19.8 Å². The van der Waals surface area contributed by atoms with Crippen molar-refractivity contribution in [3.05, 3.63) is 29.8 Å². The number of piperidine rings is 1. The van der Waals surface area contributed by atoms with E-state index in [9.17, 15) is 9.59 Å². The Kier molecular flexibility index (Phi) is 7.80. The fraction of sp³-hybridized carbons (Fsp3) is 0.579. The average Bonchev–Trinajstić information content (AvgIpc) is 2.66. The lowest BCUT2D eigenvalue weighted by atomic mass is 9.73. The molecule has 0 bridgehead atoms. The molecule has 1 heterocycles. The monoisotopic (exact) mass is 399 g/mol. The molecular weight excluding hydrogens is 374 g/mol. The molecule has 1 unspecified atom stereocenters. The smallest absolute Gasteiger partial charge is 0.338 e. The van der Waals surface area contributed by atoms with Crippen molar-refractivity contribution in [2.45, 2.75) is 41.9 Å². The number of hydrogen-bond donors (Lipinski definition) is 1. The van der Waals surface area contributed by atoms with Crippen LogP contribution in [-0.2, 0) is 14.3 Å². The van der Waals surface area contributed by atoms with Gasteiger partial charge in [-0.1, -0.05) is 12.1 Å². The van der Waals surface area contributed by atoms with E-state index in [-0.39, 0.29) is 30.4 Å². The van der Waals surface area contributed by atoms with Crippen molar-refractivity contribution in [2.24, 2.45) is 11.8 Å². The highest BCUT2D eigenvalue weighted by Gasteiger charge is 2.38. The Labute approximate surface area is 165 Å². The van der Waals surface area contributed by atoms with Crippen LogP contribution in [0, 0.1) is 11.8 Å². The van der Waals surface area contributed by atoms with Crippen LogP contribution in [0.3, 0.4) is 0 Å². The number of hydrogen-bond acceptors (Lipinski definition) is 6. The van der Waals surface area contributed by atoms with Gasteiger partial charge in [-0.3, -0.25) is 4.79 Å². The highest BCUT2D eigenvalue weighted by Crippen LogP contribution is 2.43. The van der Waals surface area contributed by atoms with Gasteiger partial charge in [0.25, 0.3) is 0 Å². The molecule has 1 saturated carbocycles. The maximum atomic E-state index is 12.0. The fourth-order valence-corrected chi connectivity index (χ4v) is 5.37. The van der Waals surface area contributed by atoms with Crippen molar-refractivity contribution >= 4 is 36.1 Å². The SMILES string of the molecule is COC(=O)c1ccccc1SC1CC[C@H]2CN[C@H](C(=O)OC)C[C@H]2C1.Cl. The van der Waals surface area contributed by atoms with Gasteiger partial charge >= 0.3 is 11.9 Å². The summed E-state index contributed by atoms with van der Waals surface area (Å²) in [5.41, 5.74) is 0.634. The van der Waals surface area contributed by atoms with Gasteiger partial charge in [0, 0.05) is 10.1 Å². The molecule has 1 saturated heterocycles. The molecule has 4 atom stereocenters. The van der Waals surface area contributed by atoms with Crippen molar-refractivity contribution < 1.29 is 19.1 Å². The highest BCUT2D eigenvalue weighted by molar-refractivity contribution is 8.00. The van der Waals surface area contributed by atoms with Crippen LogP contribution in [0.25, 0.3) is 0 Å². The lowest BCUT2D eigenvalue weighted by molar-refractivity contribution is -0.144. The molecule has 0 amide bonds. The largest absolute Gasteiger partial charge is 0.468 e. The van der Waals surface area contributed by atoms with Crippen molar-refractivity contribution in [1.82, 2.24) is 5.32 Å². The number of methoxy groups -OCH3 is 2. The van der Waals surface area contributed by atoms with E-state index in [1.54, 1.807) is 11.8 Å². The molecule has 0 spiro atoms. The topological polar surface area (TPSA) is 64.6 Å². The fourth-order valence-electron chi connectivity index (χ4n) is 3.98. The van der Waals surface area contributed by atoms with Crippen molar-refractivity contribution in [1.29, 1.82) is 0 Å². The third kappa shape index (κ3) is 4.72. The summed E-state index contributed by atoms with van der Waals surface area (Å²) in [6.07, 6.45) is 4.20. The number of rotatable bonds is 4. The first-order chi connectivity index (χ1) is 12.1. The van der Waals surface area contributed by atoms with E-state index >= 15 is 0 Å². The number of benzene rings is 1. The predicted molar refractivity (Wildman–Crippen MR) is 104 cm³/mol. The van der Waals surface area contributed by atoms with E-state index in [0.717, 1.165) is 37.1 Å². The molecule has 2 aliphatic rings. The van der Waals surface area contributed by atoms with E-state index in [0.29, 0.717) is 22.6 Å². The van der Waals surface area contributed by atoms with Gasteiger partial charge in [-0.2, -0.15) is 0 Å². The molecule has 26 heavy (non-hydrogen) atoms. The normalized spacial score (nSPS) is 27.6. The number of fused-ring (bicyclic) bond motifs is 1. The maximum absolute atomic E-state index is 12.0. The van der Waals surface area contributed by atoms with E-state index < -0.39 is 0 Å². The number of ether oxygens (including phenoxy) is 2. The van der Waals surface area contributed by atoms with Gasteiger partial charge in [0.2, 0.25) is 0 Å². The number of carbonyl (C=O) groups excluding carboxylic acids is 2. The standard InChI is InChI=1S/C19H25NO4S.ClH/c1-23-18(21)15-5-3-4-6-17(15)25-14-8-7-12-11-20-16(19(22)24-2)10-13(12)9-14;/h3-6,12-14,16,20H,7-11H2,1-2H3;1H/t12-,13+,14?,16-;/m0./s1. The molecule has 1 aromatic carbocycles. The Morgan fingerprint density at radius 3 is 2.58 bits per heavy atom. The van der Waals surface area contributed by atoms with Gasteiger partial charge in [-0.05, 0) is 56.2 Å². The second kappa shape index (κ2) is 9.62. The van der Waals surface area contributed by atoms with E-state index in [2.05, 4.69) is 5.32 Å². The Morgan fingerprint density at radius 2 is 1.85 bits per heavy atom. The molecule has 5 nitrogen and oxygen atoms in total. The predicted octanol–water partition coefficient (Wildman–Crippen LogP) is 3.31. The Hall–Kier alpha value is -1.24. The van der Waals surface area contributed by atoms with E-state index in [1.807, 2.05) is 24.3 Å². The summed E-state index contributed by atoms with van der Waals surface area (Å²) in [5, 5.41) is 3.78. The second-order valence-corrected chi connectivity index (χ2v) is 8.12. The van der Waals surface area contributed by atoms with Crippen molar-refractivity contribution in [2.75, 3.05) is 20.8 Å². The first-order valence-electron chi connectivity index (χ1n) is 8.77. The molecule has 1 aromatic rings. The van der Waals surface area contributed by atoms with Gasteiger partial charge in [-0.15, -0.1) is 24.2 Å². The quantitative estimate of drug-likeness (QED) is 0.783. The van der Waals surface area contributed by atoms with Crippen LogP contribution in [-0.4, -0.2) is 44.0 Å². The molecule has 3 rings (SSSR count). The number of carbonyl (C=O) groups is 2. The minimum absolute atomic E-state index is 0. The zero-order chi connectivity index (χ0) is 17.8. The molecule has 144 valence electrons. The average molecular weight is 400 g/mol. The Balaban J connectivity index is 0.00000243.